The van der Waals surface area contributed by atoms with Crippen LogP contribution in [0.15, 0.2) is 82.4 Å². The van der Waals surface area contributed by atoms with Gasteiger partial charge in [0.2, 0.25) is 10.0 Å². The first-order valence-corrected chi connectivity index (χ1v) is 12.1. The summed E-state index contributed by atoms with van der Waals surface area (Å²) in [5, 5.41) is 3.98. The van der Waals surface area contributed by atoms with E-state index in [0.29, 0.717) is 11.3 Å². The molecule has 0 saturated heterocycles. The molecule has 160 valence electrons. The zero-order chi connectivity index (χ0) is 22.4. The topological polar surface area (TPSA) is 78.8 Å². The average molecular weight is 500 g/mol. The molecule has 0 unspecified atom stereocenters. The Kier molecular flexibility index (Phi) is 7.25. The average Bonchev–Trinajstić information content (AvgIpc) is 2.74. The molecule has 0 atom stereocenters. The molecule has 1 amide bonds. The van der Waals surface area contributed by atoms with Crippen LogP contribution in [0.1, 0.15) is 27.0 Å². The zero-order valence-corrected chi connectivity index (χ0v) is 19.5. The summed E-state index contributed by atoms with van der Waals surface area (Å²) in [6.07, 6.45) is 2.71. The standard InChI is InChI=1S/C23H22BrN3O3S/c1-17-7-9-18(10-8-17)16-27(31(2,29)30)21-13-11-19(12-14-21)23(28)26-25-15-20-5-3-4-6-22(20)24/h3-15H,16H2,1-2H3,(H,26,28)/b25-15-. The van der Waals surface area contributed by atoms with Crippen LogP contribution in [0.2, 0.25) is 0 Å². The van der Waals surface area contributed by atoms with E-state index in [1.165, 1.54) is 4.31 Å². The minimum atomic E-state index is -3.50. The van der Waals surface area contributed by atoms with E-state index in [1.807, 2.05) is 55.5 Å². The van der Waals surface area contributed by atoms with Crippen LogP contribution in [0.3, 0.4) is 0 Å². The van der Waals surface area contributed by atoms with E-state index in [-0.39, 0.29) is 12.5 Å². The number of aryl methyl sites for hydroxylation is 1. The highest BCUT2D eigenvalue weighted by atomic mass is 79.9. The first-order chi connectivity index (χ1) is 14.7. The fraction of sp³-hybridized carbons (Fsp3) is 0.130. The molecule has 3 aromatic carbocycles. The van der Waals surface area contributed by atoms with Crippen molar-refractivity contribution in [1.82, 2.24) is 5.43 Å². The smallest absolute Gasteiger partial charge is 0.267 e. The Labute approximate surface area is 190 Å². The Balaban J connectivity index is 1.72. The molecule has 1 N–H and O–H groups in total. The number of hydrogen-bond acceptors (Lipinski definition) is 4. The van der Waals surface area contributed by atoms with E-state index < -0.39 is 10.0 Å². The first-order valence-electron chi connectivity index (χ1n) is 9.45. The number of amides is 1. The van der Waals surface area contributed by atoms with E-state index in [9.17, 15) is 13.2 Å². The molecule has 3 rings (SSSR count). The van der Waals surface area contributed by atoms with Crippen molar-refractivity contribution in [3.8, 4) is 0 Å². The van der Waals surface area contributed by atoms with Crippen molar-refractivity contribution < 1.29 is 13.2 Å². The summed E-state index contributed by atoms with van der Waals surface area (Å²) in [7, 11) is -3.50. The number of hydrogen-bond donors (Lipinski definition) is 1. The summed E-state index contributed by atoms with van der Waals surface area (Å²) in [6, 6.07) is 21.6. The van der Waals surface area contributed by atoms with Gasteiger partial charge in [0.05, 0.1) is 24.7 Å². The Bertz CT molecular complexity index is 1190. The third-order valence-electron chi connectivity index (χ3n) is 4.54. The van der Waals surface area contributed by atoms with E-state index in [0.717, 1.165) is 27.4 Å². The van der Waals surface area contributed by atoms with Crippen LogP contribution in [0.25, 0.3) is 0 Å². The molecule has 0 radical (unpaired) electrons. The van der Waals surface area contributed by atoms with Crippen molar-refractivity contribution in [2.75, 3.05) is 10.6 Å². The van der Waals surface area contributed by atoms with Crippen molar-refractivity contribution in [2.45, 2.75) is 13.5 Å². The lowest BCUT2D eigenvalue weighted by molar-refractivity contribution is 0.0955. The summed E-state index contributed by atoms with van der Waals surface area (Å²) in [6.45, 7) is 2.19. The van der Waals surface area contributed by atoms with Gasteiger partial charge < -0.3 is 0 Å². The fourth-order valence-corrected chi connectivity index (χ4v) is 4.12. The van der Waals surface area contributed by atoms with Gasteiger partial charge in [0.15, 0.2) is 0 Å². The van der Waals surface area contributed by atoms with Gasteiger partial charge in [-0.05, 0) is 42.8 Å². The fourth-order valence-electron chi connectivity index (χ4n) is 2.84. The number of nitrogens with zero attached hydrogens (tertiary/aromatic N) is 2. The lowest BCUT2D eigenvalue weighted by Crippen LogP contribution is -2.29. The van der Waals surface area contributed by atoms with Gasteiger partial charge in [-0.3, -0.25) is 9.10 Å². The van der Waals surface area contributed by atoms with Crippen LogP contribution in [0.5, 0.6) is 0 Å². The Morgan fingerprint density at radius 3 is 2.29 bits per heavy atom. The third kappa shape index (κ3) is 6.26. The van der Waals surface area contributed by atoms with Gasteiger partial charge in [-0.25, -0.2) is 13.8 Å². The lowest BCUT2D eigenvalue weighted by atomic mass is 10.1. The summed E-state index contributed by atoms with van der Waals surface area (Å²) < 4.78 is 26.9. The second kappa shape index (κ2) is 9.89. The molecule has 6 nitrogen and oxygen atoms in total. The predicted molar refractivity (Wildman–Crippen MR) is 128 cm³/mol. The summed E-state index contributed by atoms with van der Waals surface area (Å²) >= 11 is 3.42. The van der Waals surface area contributed by atoms with E-state index >= 15 is 0 Å². The quantitative estimate of drug-likeness (QED) is 0.384. The molecule has 0 spiro atoms. The highest BCUT2D eigenvalue weighted by molar-refractivity contribution is 9.10. The van der Waals surface area contributed by atoms with Gasteiger partial charge in [-0.1, -0.05) is 64.0 Å². The van der Waals surface area contributed by atoms with E-state index in [1.54, 1.807) is 30.5 Å². The molecule has 0 aliphatic carbocycles. The molecule has 0 saturated carbocycles. The van der Waals surface area contributed by atoms with Crippen molar-refractivity contribution in [3.05, 3.63) is 99.5 Å². The number of carbonyl (C=O) groups is 1. The van der Waals surface area contributed by atoms with Gasteiger partial charge in [0.1, 0.15) is 0 Å². The number of rotatable bonds is 7. The monoisotopic (exact) mass is 499 g/mol. The largest absolute Gasteiger partial charge is 0.271 e. The van der Waals surface area contributed by atoms with Crippen LogP contribution in [0.4, 0.5) is 5.69 Å². The SMILES string of the molecule is Cc1ccc(CN(c2ccc(C(=O)N/N=C\c3ccccc3Br)cc2)S(C)(=O)=O)cc1. The molecule has 0 fully saturated rings. The molecule has 0 aliphatic heterocycles. The predicted octanol–water partition coefficient (Wildman–Crippen LogP) is 4.49. The highest BCUT2D eigenvalue weighted by Gasteiger charge is 2.18. The second-order valence-corrected chi connectivity index (χ2v) is 9.78. The number of hydrazone groups is 1. The third-order valence-corrected chi connectivity index (χ3v) is 6.40. The number of sulfonamides is 1. The Morgan fingerprint density at radius 1 is 1.03 bits per heavy atom. The van der Waals surface area contributed by atoms with Crippen molar-refractivity contribution >= 4 is 43.8 Å². The van der Waals surface area contributed by atoms with Crippen LogP contribution in [-0.2, 0) is 16.6 Å². The maximum Gasteiger partial charge on any atom is 0.271 e. The molecular weight excluding hydrogens is 478 g/mol. The maximum absolute atomic E-state index is 12.4. The normalized spacial score (nSPS) is 11.5. The number of nitrogens with one attached hydrogen (secondary N) is 1. The van der Waals surface area contributed by atoms with Gasteiger partial charge >= 0.3 is 0 Å². The number of carbonyl (C=O) groups excluding carboxylic acids is 1. The Hall–Kier alpha value is -2.97. The first kappa shape index (κ1) is 22.7. The van der Waals surface area contributed by atoms with Gasteiger partial charge in [-0.15, -0.1) is 0 Å². The molecule has 0 aliphatic rings. The number of anilines is 1. The molecule has 0 aromatic heterocycles. The molecule has 3 aromatic rings. The second-order valence-electron chi connectivity index (χ2n) is 7.02. The Morgan fingerprint density at radius 2 is 1.68 bits per heavy atom. The van der Waals surface area contributed by atoms with Crippen molar-refractivity contribution in [3.63, 3.8) is 0 Å². The van der Waals surface area contributed by atoms with E-state index in [4.69, 9.17) is 0 Å². The maximum atomic E-state index is 12.4. The minimum Gasteiger partial charge on any atom is -0.267 e. The highest BCUT2D eigenvalue weighted by Crippen LogP contribution is 2.21. The molecule has 0 heterocycles. The van der Waals surface area contributed by atoms with Gasteiger partial charge in [-0.2, -0.15) is 5.10 Å². The lowest BCUT2D eigenvalue weighted by Gasteiger charge is -2.22. The van der Waals surface area contributed by atoms with Crippen molar-refractivity contribution in [2.24, 2.45) is 5.10 Å². The van der Waals surface area contributed by atoms with E-state index in [2.05, 4.69) is 26.5 Å². The summed E-state index contributed by atoms with van der Waals surface area (Å²) in [5.74, 6) is -0.390. The van der Waals surface area contributed by atoms with Gasteiger partial charge in [0.25, 0.3) is 5.91 Å². The minimum absolute atomic E-state index is 0.209. The summed E-state index contributed by atoms with van der Waals surface area (Å²) in [4.78, 5) is 12.4. The van der Waals surface area contributed by atoms with Crippen LogP contribution in [-0.4, -0.2) is 26.8 Å². The van der Waals surface area contributed by atoms with Gasteiger partial charge in [0, 0.05) is 15.6 Å². The zero-order valence-electron chi connectivity index (χ0n) is 17.1. The number of benzene rings is 3. The molecular formula is C23H22BrN3O3S. The number of halogens is 1. The summed E-state index contributed by atoms with van der Waals surface area (Å²) in [5.41, 5.74) is 6.14. The molecule has 8 heteroatoms. The van der Waals surface area contributed by atoms with Crippen LogP contribution >= 0.6 is 15.9 Å². The van der Waals surface area contributed by atoms with Crippen molar-refractivity contribution in [1.29, 1.82) is 0 Å². The molecule has 0 bridgehead atoms. The van der Waals surface area contributed by atoms with Crippen LogP contribution in [0, 0.1) is 6.92 Å². The van der Waals surface area contributed by atoms with Crippen LogP contribution < -0.4 is 9.73 Å². The molecule has 31 heavy (non-hydrogen) atoms.